The van der Waals surface area contributed by atoms with Crippen molar-refractivity contribution in [1.29, 1.82) is 0 Å². The smallest absolute Gasteiger partial charge is 0.404 e. The van der Waals surface area contributed by atoms with Crippen molar-refractivity contribution in [2.75, 3.05) is 13.1 Å². The molecule has 4 heteroatoms. The third-order valence-corrected chi connectivity index (χ3v) is 3.52. The van der Waals surface area contributed by atoms with Crippen LogP contribution in [0.3, 0.4) is 0 Å². The summed E-state index contributed by atoms with van der Waals surface area (Å²) in [5, 5.41) is 11.3. The van der Waals surface area contributed by atoms with E-state index < -0.39 is 6.09 Å². The van der Waals surface area contributed by atoms with Crippen molar-refractivity contribution < 1.29 is 9.90 Å². The molecule has 1 aromatic rings. The van der Waals surface area contributed by atoms with Gasteiger partial charge in [0.2, 0.25) is 0 Å². The zero-order valence-electron chi connectivity index (χ0n) is 11.2. The van der Waals surface area contributed by atoms with Crippen LogP contribution in [-0.4, -0.2) is 35.2 Å². The van der Waals surface area contributed by atoms with Gasteiger partial charge in [0.15, 0.2) is 0 Å². The van der Waals surface area contributed by atoms with Gasteiger partial charge in [-0.2, -0.15) is 0 Å². The van der Waals surface area contributed by atoms with Crippen molar-refractivity contribution in [2.24, 2.45) is 0 Å². The van der Waals surface area contributed by atoms with Gasteiger partial charge in [-0.25, -0.2) is 4.79 Å². The molecule has 102 valence electrons. The second-order valence-electron chi connectivity index (χ2n) is 4.89. The molecule has 0 saturated heterocycles. The monoisotopic (exact) mass is 260 g/mol. The minimum Gasteiger partial charge on any atom is -0.465 e. The van der Waals surface area contributed by atoms with E-state index in [9.17, 15) is 4.79 Å². The number of rotatable bonds is 4. The standard InChI is InChI=1S/C15H20N2O2/c1-12-6-5-9-17(14(12)10-16-15(18)19)11-13-7-3-2-4-8-13/h2-4,6-8,14,16H,5,9-11H2,1H3,(H,18,19). The topological polar surface area (TPSA) is 52.6 Å². The minimum atomic E-state index is -0.960. The van der Waals surface area contributed by atoms with Crippen molar-refractivity contribution in [2.45, 2.75) is 25.9 Å². The Labute approximate surface area is 113 Å². The van der Waals surface area contributed by atoms with Gasteiger partial charge >= 0.3 is 6.09 Å². The molecule has 1 atom stereocenters. The fourth-order valence-electron chi connectivity index (χ4n) is 2.52. The number of carbonyl (C=O) groups is 1. The molecule has 1 unspecified atom stereocenters. The summed E-state index contributed by atoms with van der Waals surface area (Å²) in [6.07, 6.45) is 2.27. The molecule has 0 spiro atoms. The number of benzene rings is 1. The largest absolute Gasteiger partial charge is 0.465 e. The number of amides is 1. The molecule has 2 rings (SSSR count). The van der Waals surface area contributed by atoms with Crippen molar-refractivity contribution in [1.82, 2.24) is 10.2 Å². The average molecular weight is 260 g/mol. The number of hydrogen-bond donors (Lipinski definition) is 2. The molecule has 0 aromatic heterocycles. The van der Waals surface area contributed by atoms with E-state index in [1.165, 1.54) is 11.1 Å². The fraction of sp³-hybridized carbons (Fsp3) is 0.400. The van der Waals surface area contributed by atoms with Crippen LogP contribution in [0.25, 0.3) is 0 Å². The van der Waals surface area contributed by atoms with Gasteiger partial charge in [-0.15, -0.1) is 0 Å². The van der Waals surface area contributed by atoms with Crippen LogP contribution in [0.15, 0.2) is 42.0 Å². The van der Waals surface area contributed by atoms with Gasteiger partial charge in [0.1, 0.15) is 0 Å². The van der Waals surface area contributed by atoms with E-state index in [2.05, 4.69) is 35.3 Å². The second-order valence-corrected chi connectivity index (χ2v) is 4.89. The molecular weight excluding hydrogens is 240 g/mol. The highest BCUT2D eigenvalue weighted by atomic mass is 16.4. The highest BCUT2D eigenvalue weighted by Gasteiger charge is 2.23. The third kappa shape index (κ3) is 3.83. The lowest BCUT2D eigenvalue weighted by molar-refractivity contribution is 0.176. The number of nitrogens with one attached hydrogen (secondary N) is 1. The molecule has 19 heavy (non-hydrogen) atoms. The molecule has 0 aliphatic carbocycles. The first kappa shape index (κ1) is 13.6. The van der Waals surface area contributed by atoms with E-state index in [4.69, 9.17) is 5.11 Å². The molecule has 0 radical (unpaired) electrons. The fourth-order valence-corrected chi connectivity index (χ4v) is 2.52. The summed E-state index contributed by atoms with van der Waals surface area (Å²) in [6, 6.07) is 10.4. The zero-order valence-corrected chi connectivity index (χ0v) is 11.2. The molecular formula is C15H20N2O2. The van der Waals surface area contributed by atoms with E-state index in [1.807, 2.05) is 18.2 Å². The van der Waals surface area contributed by atoms with Crippen LogP contribution in [0.1, 0.15) is 18.9 Å². The van der Waals surface area contributed by atoms with Crippen LogP contribution in [0.5, 0.6) is 0 Å². The number of carboxylic acid groups (broad SMARTS) is 1. The number of nitrogens with zero attached hydrogens (tertiary/aromatic N) is 1. The van der Waals surface area contributed by atoms with Crippen molar-refractivity contribution in [3.63, 3.8) is 0 Å². The quantitative estimate of drug-likeness (QED) is 0.818. The maximum absolute atomic E-state index is 10.7. The van der Waals surface area contributed by atoms with Crippen LogP contribution >= 0.6 is 0 Å². The lowest BCUT2D eigenvalue weighted by Crippen LogP contribution is -2.46. The SMILES string of the molecule is CC1=CCCN(Cc2ccccc2)C1CNC(=O)O. The lowest BCUT2D eigenvalue weighted by Gasteiger charge is -2.35. The predicted octanol–water partition coefficient (Wildman–Crippen LogP) is 2.47. The van der Waals surface area contributed by atoms with Gasteiger partial charge < -0.3 is 10.4 Å². The van der Waals surface area contributed by atoms with Gasteiger partial charge in [0.25, 0.3) is 0 Å². The summed E-state index contributed by atoms with van der Waals surface area (Å²) in [4.78, 5) is 13.0. The molecule has 1 aliphatic heterocycles. The van der Waals surface area contributed by atoms with Crippen molar-refractivity contribution >= 4 is 6.09 Å². The van der Waals surface area contributed by atoms with Crippen LogP contribution in [0, 0.1) is 0 Å². The van der Waals surface area contributed by atoms with Crippen molar-refractivity contribution in [3.05, 3.63) is 47.5 Å². The molecule has 0 bridgehead atoms. The van der Waals surface area contributed by atoms with Gasteiger partial charge in [0.05, 0.1) is 0 Å². The first-order valence-electron chi connectivity index (χ1n) is 6.58. The lowest BCUT2D eigenvalue weighted by atomic mass is 10.00. The van der Waals surface area contributed by atoms with Crippen LogP contribution in [0.4, 0.5) is 4.79 Å². The first-order chi connectivity index (χ1) is 9.16. The summed E-state index contributed by atoms with van der Waals surface area (Å²) < 4.78 is 0. The van der Waals surface area contributed by atoms with E-state index in [0.29, 0.717) is 6.54 Å². The van der Waals surface area contributed by atoms with E-state index >= 15 is 0 Å². The molecule has 1 heterocycles. The Morgan fingerprint density at radius 1 is 1.42 bits per heavy atom. The van der Waals surface area contributed by atoms with E-state index in [-0.39, 0.29) is 6.04 Å². The van der Waals surface area contributed by atoms with Gasteiger partial charge in [0, 0.05) is 25.7 Å². The highest BCUT2D eigenvalue weighted by Crippen LogP contribution is 2.19. The Bertz CT molecular complexity index is 456. The molecule has 0 saturated carbocycles. The maximum atomic E-state index is 10.7. The Balaban J connectivity index is 2.04. The first-order valence-corrected chi connectivity index (χ1v) is 6.58. The summed E-state index contributed by atoms with van der Waals surface area (Å²) >= 11 is 0. The zero-order chi connectivity index (χ0) is 13.7. The van der Waals surface area contributed by atoms with Crippen molar-refractivity contribution in [3.8, 4) is 0 Å². The van der Waals surface area contributed by atoms with Crippen LogP contribution in [-0.2, 0) is 6.54 Å². The van der Waals surface area contributed by atoms with E-state index in [0.717, 1.165) is 19.5 Å². The van der Waals surface area contributed by atoms with Crippen LogP contribution < -0.4 is 5.32 Å². The van der Waals surface area contributed by atoms with Gasteiger partial charge in [-0.1, -0.05) is 42.0 Å². The Kier molecular flexibility index (Phi) is 4.58. The normalized spacial score (nSPS) is 19.8. The Morgan fingerprint density at radius 2 is 2.16 bits per heavy atom. The maximum Gasteiger partial charge on any atom is 0.404 e. The molecule has 1 amide bonds. The highest BCUT2D eigenvalue weighted by molar-refractivity contribution is 5.64. The third-order valence-electron chi connectivity index (χ3n) is 3.52. The minimum absolute atomic E-state index is 0.157. The molecule has 1 aliphatic rings. The van der Waals surface area contributed by atoms with Gasteiger partial charge in [-0.05, 0) is 18.9 Å². The molecule has 4 nitrogen and oxygen atoms in total. The number of hydrogen-bond acceptors (Lipinski definition) is 2. The van der Waals surface area contributed by atoms with Crippen LogP contribution in [0.2, 0.25) is 0 Å². The average Bonchev–Trinajstić information content (AvgIpc) is 2.39. The summed E-state index contributed by atoms with van der Waals surface area (Å²) in [6.45, 7) is 4.35. The van der Waals surface area contributed by atoms with E-state index in [1.54, 1.807) is 0 Å². The molecule has 1 aromatic carbocycles. The molecule has 0 fully saturated rings. The Morgan fingerprint density at radius 3 is 2.84 bits per heavy atom. The predicted molar refractivity (Wildman–Crippen MR) is 75.0 cm³/mol. The Hall–Kier alpha value is -1.81. The summed E-state index contributed by atoms with van der Waals surface area (Å²) in [7, 11) is 0. The summed E-state index contributed by atoms with van der Waals surface area (Å²) in [5.74, 6) is 0. The summed E-state index contributed by atoms with van der Waals surface area (Å²) in [5.41, 5.74) is 2.51. The molecule has 2 N–H and O–H groups in total. The van der Waals surface area contributed by atoms with Gasteiger partial charge in [-0.3, -0.25) is 4.90 Å². The second kappa shape index (κ2) is 6.38.